The lowest BCUT2D eigenvalue weighted by molar-refractivity contribution is 0.519. The van der Waals surface area contributed by atoms with Crippen LogP contribution in [-0.2, 0) is 16.4 Å². The van der Waals surface area contributed by atoms with Crippen LogP contribution in [0.3, 0.4) is 0 Å². The molecule has 0 fully saturated rings. The SMILES string of the molecule is Cc1nc2sccn2c1CNCC(C)(C)S(C)(=O)=O. The molecule has 0 saturated heterocycles. The van der Waals surface area contributed by atoms with Crippen LogP contribution in [0.5, 0.6) is 0 Å². The Morgan fingerprint density at radius 2 is 2.16 bits per heavy atom. The Bertz CT molecular complexity index is 683. The van der Waals surface area contributed by atoms with Crippen LogP contribution < -0.4 is 5.32 Å². The summed E-state index contributed by atoms with van der Waals surface area (Å²) in [6.45, 7) is 6.47. The third-order valence-corrected chi connectivity index (χ3v) is 6.32. The lowest BCUT2D eigenvalue weighted by atomic mass is 10.2. The molecule has 2 rings (SSSR count). The van der Waals surface area contributed by atoms with E-state index in [1.165, 1.54) is 6.26 Å². The maximum atomic E-state index is 11.6. The Morgan fingerprint density at radius 1 is 1.47 bits per heavy atom. The second-order valence-electron chi connectivity index (χ2n) is 5.33. The number of fused-ring (bicyclic) bond motifs is 1. The van der Waals surface area contributed by atoms with Gasteiger partial charge < -0.3 is 5.32 Å². The molecule has 0 spiro atoms. The van der Waals surface area contributed by atoms with E-state index in [-0.39, 0.29) is 0 Å². The predicted octanol–water partition coefficient (Wildman–Crippen LogP) is 1.62. The number of hydrogen-bond donors (Lipinski definition) is 1. The van der Waals surface area contributed by atoms with Gasteiger partial charge in [-0.3, -0.25) is 4.40 Å². The third-order valence-electron chi connectivity index (χ3n) is 3.41. The molecule has 0 saturated carbocycles. The number of aryl methyl sites for hydroxylation is 1. The van der Waals surface area contributed by atoms with Crippen molar-refractivity contribution in [2.24, 2.45) is 0 Å². The predicted molar refractivity (Wildman–Crippen MR) is 78.4 cm³/mol. The van der Waals surface area contributed by atoms with Crippen LogP contribution in [0.4, 0.5) is 0 Å². The Labute approximate surface area is 117 Å². The van der Waals surface area contributed by atoms with Gasteiger partial charge in [0.15, 0.2) is 14.8 Å². The van der Waals surface area contributed by atoms with Crippen molar-refractivity contribution < 1.29 is 8.42 Å². The highest BCUT2D eigenvalue weighted by Gasteiger charge is 2.29. The van der Waals surface area contributed by atoms with Gasteiger partial charge in [0.25, 0.3) is 0 Å². The first-order chi connectivity index (χ1) is 8.72. The van der Waals surface area contributed by atoms with Crippen LogP contribution in [-0.4, -0.2) is 35.4 Å². The van der Waals surface area contributed by atoms with E-state index in [2.05, 4.69) is 10.3 Å². The van der Waals surface area contributed by atoms with Crippen LogP contribution in [0.2, 0.25) is 0 Å². The molecule has 19 heavy (non-hydrogen) atoms. The molecule has 0 bridgehead atoms. The summed E-state index contributed by atoms with van der Waals surface area (Å²) >= 11 is 1.59. The second kappa shape index (κ2) is 4.88. The van der Waals surface area contributed by atoms with E-state index in [0.29, 0.717) is 13.1 Å². The molecule has 0 aliphatic heterocycles. The molecule has 2 aromatic heterocycles. The van der Waals surface area contributed by atoms with E-state index in [4.69, 9.17) is 0 Å². The summed E-state index contributed by atoms with van der Waals surface area (Å²) < 4.78 is 24.5. The molecule has 7 heteroatoms. The molecule has 106 valence electrons. The quantitative estimate of drug-likeness (QED) is 0.911. The number of thiazole rings is 1. The molecule has 5 nitrogen and oxygen atoms in total. The molecule has 2 aromatic rings. The van der Waals surface area contributed by atoms with Crippen molar-refractivity contribution in [2.45, 2.75) is 32.1 Å². The number of sulfone groups is 1. The summed E-state index contributed by atoms with van der Waals surface area (Å²) in [7, 11) is -3.07. The van der Waals surface area contributed by atoms with Crippen molar-refractivity contribution in [3.63, 3.8) is 0 Å². The van der Waals surface area contributed by atoms with Gasteiger partial charge in [0.2, 0.25) is 0 Å². The zero-order valence-corrected chi connectivity index (χ0v) is 13.2. The van der Waals surface area contributed by atoms with Crippen LogP contribution in [0.1, 0.15) is 25.2 Å². The summed E-state index contributed by atoms with van der Waals surface area (Å²) in [5.41, 5.74) is 2.07. The standard InChI is InChI=1S/C12H19N3O2S2/c1-9-10(15-5-6-18-11(15)14-9)7-13-8-12(2,3)19(4,16)17/h5-6,13H,7-8H2,1-4H3. The summed E-state index contributed by atoms with van der Waals surface area (Å²) in [5, 5.41) is 5.21. The highest BCUT2D eigenvalue weighted by Crippen LogP contribution is 2.17. The van der Waals surface area contributed by atoms with Gasteiger partial charge in [0.05, 0.1) is 16.1 Å². The Balaban J connectivity index is 2.08. The normalized spacial score (nSPS) is 13.3. The molecule has 0 aliphatic rings. The Hall–Kier alpha value is -0.920. The van der Waals surface area contributed by atoms with Crippen molar-refractivity contribution in [3.05, 3.63) is 23.0 Å². The zero-order valence-electron chi connectivity index (χ0n) is 11.6. The van der Waals surface area contributed by atoms with Gasteiger partial charge in [-0.25, -0.2) is 13.4 Å². The molecule has 0 aliphatic carbocycles. The van der Waals surface area contributed by atoms with Crippen LogP contribution in [0.15, 0.2) is 11.6 Å². The van der Waals surface area contributed by atoms with Crippen LogP contribution in [0, 0.1) is 6.92 Å². The van der Waals surface area contributed by atoms with E-state index in [9.17, 15) is 8.42 Å². The Morgan fingerprint density at radius 3 is 2.79 bits per heavy atom. The first-order valence-corrected chi connectivity index (χ1v) is 8.81. The minimum Gasteiger partial charge on any atom is -0.310 e. The lowest BCUT2D eigenvalue weighted by Crippen LogP contribution is -2.41. The molecule has 2 heterocycles. The number of rotatable bonds is 5. The molecule has 1 N–H and O–H groups in total. The zero-order chi connectivity index (χ0) is 14.3. The van der Waals surface area contributed by atoms with Crippen molar-refractivity contribution in [1.29, 1.82) is 0 Å². The van der Waals surface area contributed by atoms with E-state index < -0.39 is 14.6 Å². The molecular weight excluding hydrogens is 282 g/mol. The molecule has 0 unspecified atom stereocenters. The van der Waals surface area contributed by atoms with Crippen molar-refractivity contribution >= 4 is 26.1 Å². The van der Waals surface area contributed by atoms with Gasteiger partial charge >= 0.3 is 0 Å². The molecule has 0 radical (unpaired) electrons. The fourth-order valence-corrected chi connectivity index (χ4v) is 2.91. The topological polar surface area (TPSA) is 63.5 Å². The number of nitrogens with zero attached hydrogens (tertiary/aromatic N) is 2. The van der Waals surface area contributed by atoms with Gasteiger partial charge in [-0.1, -0.05) is 0 Å². The van der Waals surface area contributed by atoms with Gasteiger partial charge in [0.1, 0.15) is 0 Å². The first kappa shape index (κ1) is 14.5. The average molecular weight is 301 g/mol. The van der Waals surface area contributed by atoms with E-state index >= 15 is 0 Å². The summed E-state index contributed by atoms with van der Waals surface area (Å²) in [4.78, 5) is 5.43. The highest BCUT2D eigenvalue weighted by atomic mass is 32.2. The third kappa shape index (κ3) is 2.82. The maximum absolute atomic E-state index is 11.6. The van der Waals surface area contributed by atoms with Crippen molar-refractivity contribution in [3.8, 4) is 0 Å². The van der Waals surface area contributed by atoms with Gasteiger partial charge in [-0.15, -0.1) is 11.3 Å². The fraction of sp³-hybridized carbons (Fsp3) is 0.583. The summed E-state index contributed by atoms with van der Waals surface area (Å²) in [6.07, 6.45) is 3.26. The van der Waals surface area contributed by atoms with E-state index in [0.717, 1.165) is 16.3 Å². The van der Waals surface area contributed by atoms with E-state index in [1.807, 2.05) is 22.9 Å². The monoisotopic (exact) mass is 301 g/mol. The summed E-state index contributed by atoms with van der Waals surface area (Å²) in [6, 6.07) is 0. The molecule has 0 atom stereocenters. The highest BCUT2D eigenvalue weighted by molar-refractivity contribution is 7.92. The van der Waals surface area contributed by atoms with Crippen LogP contribution >= 0.6 is 11.3 Å². The smallest absolute Gasteiger partial charge is 0.194 e. The maximum Gasteiger partial charge on any atom is 0.194 e. The lowest BCUT2D eigenvalue weighted by Gasteiger charge is -2.22. The molecular formula is C12H19N3O2S2. The van der Waals surface area contributed by atoms with Gasteiger partial charge in [0, 0.05) is 30.9 Å². The fourth-order valence-electron chi connectivity index (χ4n) is 1.77. The van der Waals surface area contributed by atoms with Crippen molar-refractivity contribution in [2.75, 3.05) is 12.8 Å². The minimum absolute atomic E-state index is 0.419. The van der Waals surface area contributed by atoms with Gasteiger partial charge in [-0.2, -0.15) is 0 Å². The average Bonchev–Trinajstić information content (AvgIpc) is 2.79. The van der Waals surface area contributed by atoms with Crippen molar-refractivity contribution in [1.82, 2.24) is 14.7 Å². The summed E-state index contributed by atoms with van der Waals surface area (Å²) in [5.74, 6) is 0. The second-order valence-corrected chi connectivity index (χ2v) is 8.86. The minimum atomic E-state index is -3.07. The largest absolute Gasteiger partial charge is 0.310 e. The molecule has 0 aromatic carbocycles. The number of imidazole rings is 1. The van der Waals surface area contributed by atoms with E-state index in [1.54, 1.807) is 25.2 Å². The van der Waals surface area contributed by atoms with Crippen LogP contribution in [0.25, 0.3) is 4.96 Å². The van der Waals surface area contributed by atoms with Gasteiger partial charge in [-0.05, 0) is 20.8 Å². The number of nitrogens with one attached hydrogen (secondary N) is 1. The molecule has 0 amide bonds. The Kier molecular flexibility index (Phi) is 3.72. The first-order valence-electron chi connectivity index (χ1n) is 6.04. The number of hydrogen-bond acceptors (Lipinski definition) is 5. The number of aromatic nitrogens is 2.